The SMILES string of the molecule is COc1cc(C(=O)CCC(=O)c2ccc(OC)c(-c3n[nH]c4ccccc34)n2)ccc1OCCO. The quantitative estimate of drug-likeness (QED) is 0.314. The van der Waals surface area contributed by atoms with Gasteiger partial charge in [-0.2, -0.15) is 5.10 Å². The Labute approximate surface area is 201 Å². The first kappa shape index (κ1) is 23.9. The largest absolute Gasteiger partial charge is 0.494 e. The van der Waals surface area contributed by atoms with Crippen LogP contribution in [0.4, 0.5) is 0 Å². The van der Waals surface area contributed by atoms with Crippen molar-refractivity contribution in [3.05, 3.63) is 65.9 Å². The molecule has 0 bridgehead atoms. The number of aromatic nitrogens is 3. The second kappa shape index (κ2) is 10.8. The van der Waals surface area contributed by atoms with E-state index in [0.29, 0.717) is 34.2 Å². The molecule has 0 unspecified atom stereocenters. The second-order valence-electron chi connectivity index (χ2n) is 7.65. The van der Waals surface area contributed by atoms with Crippen molar-refractivity contribution in [1.29, 1.82) is 0 Å². The van der Waals surface area contributed by atoms with Crippen molar-refractivity contribution in [2.75, 3.05) is 27.4 Å². The fourth-order valence-electron chi connectivity index (χ4n) is 3.70. The molecule has 2 heterocycles. The molecule has 9 heteroatoms. The van der Waals surface area contributed by atoms with Gasteiger partial charge in [0.05, 0.1) is 26.3 Å². The number of rotatable bonds is 11. The number of hydrogen-bond donors (Lipinski definition) is 2. The average Bonchev–Trinajstić information content (AvgIpc) is 3.33. The molecule has 2 N–H and O–H groups in total. The van der Waals surface area contributed by atoms with E-state index in [9.17, 15) is 9.59 Å². The van der Waals surface area contributed by atoms with Gasteiger partial charge in [-0.15, -0.1) is 0 Å². The van der Waals surface area contributed by atoms with Gasteiger partial charge in [0.1, 0.15) is 29.4 Å². The van der Waals surface area contributed by atoms with Crippen LogP contribution in [0.15, 0.2) is 54.6 Å². The van der Waals surface area contributed by atoms with Gasteiger partial charge in [-0.25, -0.2) is 4.98 Å². The fraction of sp³-hybridized carbons (Fsp3) is 0.231. The van der Waals surface area contributed by atoms with Crippen molar-refractivity contribution in [3.63, 3.8) is 0 Å². The van der Waals surface area contributed by atoms with Crippen LogP contribution >= 0.6 is 0 Å². The molecule has 0 radical (unpaired) electrons. The number of benzene rings is 2. The van der Waals surface area contributed by atoms with E-state index < -0.39 is 0 Å². The number of pyridine rings is 1. The van der Waals surface area contributed by atoms with Gasteiger partial charge >= 0.3 is 0 Å². The first-order chi connectivity index (χ1) is 17.0. The fourth-order valence-corrected chi connectivity index (χ4v) is 3.70. The number of Topliss-reactive ketones (excluding diaryl/α,β-unsaturated/α-hetero) is 2. The highest BCUT2D eigenvalue weighted by Crippen LogP contribution is 2.32. The van der Waals surface area contributed by atoms with Gasteiger partial charge in [0, 0.05) is 23.8 Å². The summed E-state index contributed by atoms with van der Waals surface area (Å²) in [5, 5.41) is 17.1. The second-order valence-corrected chi connectivity index (χ2v) is 7.65. The summed E-state index contributed by atoms with van der Waals surface area (Å²) in [6, 6.07) is 15.6. The minimum absolute atomic E-state index is 0.00715. The highest BCUT2D eigenvalue weighted by Gasteiger charge is 2.19. The van der Waals surface area contributed by atoms with Gasteiger partial charge in [0.15, 0.2) is 23.1 Å². The normalized spacial score (nSPS) is 10.8. The first-order valence-corrected chi connectivity index (χ1v) is 11.0. The number of H-pyrrole nitrogens is 1. The average molecular weight is 476 g/mol. The van der Waals surface area contributed by atoms with Crippen LogP contribution in [0, 0.1) is 0 Å². The number of para-hydroxylation sites is 1. The zero-order valence-corrected chi connectivity index (χ0v) is 19.4. The van der Waals surface area contributed by atoms with Crippen molar-refractivity contribution in [2.24, 2.45) is 0 Å². The maximum Gasteiger partial charge on any atom is 0.181 e. The molecule has 4 rings (SSSR count). The molecule has 35 heavy (non-hydrogen) atoms. The minimum atomic E-state index is -0.267. The Morgan fingerprint density at radius 1 is 0.886 bits per heavy atom. The Morgan fingerprint density at radius 2 is 1.63 bits per heavy atom. The molecule has 180 valence electrons. The van der Waals surface area contributed by atoms with E-state index in [1.165, 1.54) is 14.2 Å². The third-order valence-electron chi connectivity index (χ3n) is 5.47. The number of methoxy groups -OCH3 is 2. The van der Waals surface area contributed by atoms with Gasteiger partial charge in [-0.1, -0.05) is 18.2 Å². The monoisotopic (exact) mass is 475 g/mol. The van der Waals surface area contributed by atoms with Crippen molar-refractivity contribution >= 4 is 22.5 Å². The molecule has 0 saturated heterocycles. The number of hydrogen-bond acceptors (Lipinski definition) is 8. The van der Waals surface area contributed by atoms with E-state index in [4.69, 9.17) is 19.3 Å². The molecule has 9 nitrogen and oxygen atoms in total. The van der Waals surface area contributed by atoms with Crippen LogP contribution in [0.1, 0.15) is 33.7 Å². The molecule has 0 spiro atoms. The van der Waals surface area contributed by atoms with Crippen molar-refractivity contribution in [1.82, 2.24) is 15.2 Å². The summed E-state index contributed by atoms with van der Waals surface area (Å²) >= 11 is 0. The highest BCUT2D eigenvalue weighted by molar-refractivity contribution is 6.02. The Hall–Kier alpha value is -4.24. The number of fused-ring (bicyclic) bond motifs is 1. The summed E-state index contributed by atoms with van der Waals surface area (Å²) in [5.74, 6) is 0.818. The van der Waals surface area contributed by atoms with E-state index >= 15 is 0 Å². The van der Waals surface area contributed by atoms with E-state index in [1.807, 2.05) is 24.3 Å². The minimum Gasteiger partial charge on any atom is -0.494 e. The Balaban J connectivity index is 1.51. The lowest BCUT2D eigenvalue weighted by Gasteiger charge is -2.11. The van der Waals surface area contributed by atoms with Crippen molar-refractivity contribution < 1.29 is 28.9 Å². The summed E-state index contributed by atoms with van der Waals surface area (Å²) < 4.78 is 16.1. The third kappa shape index (κ3) is 5.15. The van der Waals surface area contributed by atoms with E-state index in [1.54, 1.807) is 30.3 Å². The molecule has 2 aromatic heterocycles. The van der Waals surface area contributed by atoms with Crippen LogP contribution in [0.3, 0.4) is 0 Å². The van der Waals surface area contributed by atoms with Crippen LogP contribution in [0.25, 0.3) is 22.3 Å². The van der Waals surface area contributed by atoms with Crippen LogP contribution in [-0.4, -0.2) is 59.3 Å². The number of aliphatic hydroxyl groups excluding tert-OH is 1. The summed E-state index contributed by atoms with van der Waals surface area (Å²) in [7, 11) is 3.00. The highest BCUT2D eigenvalue weighted by atomic mass is 16.5. The number of aliphatic hydroxyl groups is 1. The lowest BCUT2D eigenvalue weighted by molar-refractivity contribution is 0.0914. The molecule has 0 saturated carbocycles. The summed E-state index contributed by atoms with van der Waals surface area (Å²) in [6.07, 6.45) is -0.00277. The number of carbonyl (C=O) groups excluding carboxylic acids is 2. The van der Waals surface area contributed by atoms with Crippen molar-refractivity contribution in [3.8, 4) is 28.6 Å². The number of carbonyl (C=O) groups is 2. The Bertz CT molecular complexity index is 1360. The molecular formula is C26H25N3O6. The van der Waals surface area contributed by atoms with Gasteiger partial charge < -0.3 is 19.3 Å². The Kier molecular flexibility index (Phi) is 7.37. The predicted octanol–water partition coefficient (Wildman–Crippen LogP) is 3.86. The van der Waals surface area contributed by atoms with Gasteiger partial charge in [-0.3, -0.25) is 14.7 Å². The standard InChI is InChI=1S/C26H25N3O6/c1-33-23-12-8-19(27-26(23)25-17-5-3-4-6-18(17)28-29-25)21(32)10-9-20(31)16-7-11-22(35-14-13-30)24(15-16)34-2/h3-8,11-12,15,30H,9-10,13-14H2,1-2H3,(H,28,29). The predicted molar refractivity (Wildman–Crippen MR) is 129 cm³/mol. The topological polar surface area (TPSA) is 124 Å². The molecule has 0 aliphatic rings. The third-order valence-corrected chi connectivity index (χ3v) is 5.47. The summed E-state index contributed by atoms with van der Waals surface area (Å²) in [4.78, 5) is 30.2. The summed E-state index contributed by atoms with van der Waals surface area (Å²) in [5.41, 5.74) is 2.50. The van der Waals surface area contributed by atoms with Crippen LogP contribution in [-0.2, 0) is 0 Å². The lowest BCUT2D eigenvalue weighted by Crippen LogP contribution is -2.08. The van der Waals surface area contributed by atoms with E-state index in [0.717, 1.165) is 10.9 Å². The molecular weight excluding hydrogens is 450 g/mol. The molecule has 0 amide bonds. The number of aromatic amines is 1. The van der Waals surface area contributed by atoms with Gasteiger partial charge in [0.2, 0.25) is 0 Å². The number of ether oxygens (including phenoxy) is 3. The van der Waals surface area contributed by atoms with E-state index in [2.05, 4.69) is 15.2 Å². The molecule has 0 aliphatic heterocycles. The molecule has 2 aromatic carbocycles. The van der Waals surface area contributed by atoms with Gasteiger partial charge in [0.25, 0.3) is 0 Å². The molecule has 4 aromatic rings. The van der Waals surface area contributed by atoms with Gasteiger partial charge in [-0.05, 0) is 36.4 Å². The van der Waals surface area contributed by atoms with Crippen LogP contribution in [0.5, 0.6) is 17.2 Å². The number of ketones is 2. The summed E-state index contributed by atoms with van der Waals surface area (Å²) in [6.45, 7) is -0.0213. The lowest BCUT2D eigenvalue weighted by atomic mass is 10.0. The molecule has 0 atom stereocenters. The van der Waals surface area contributed by atoms with Crippen molar-refractivity contribution in [2.45, 2.75) is 12.8 Å². The number of nitrogens with zero attached hydrogens (tertiary/aromatic N) is 2. The molecule has 0 aliphatic carbocycles. The molecule has 0 fully saturated rings. The van der Waals surface area contributed by atoms with Crippen LogP contribution < -0.4 is 14.2 Å². The zero-order chi connectivity index (χ0) is 24.8. The smallest absolute Gasteiger partial charge is 0.181 e. The van der Waals surface area contributed by atoms with E-state index in [-0.39, 0.29) is 43.3 Å². The Morgan fingerprint density at radius 3 is 2.40 bits per heavy atom. The maximum atomic E-state index is 12.9. The first-order valence-electron chi connectivity index (χ1n) is 11.0. The maximum absolute atomic E-state index is 12.9. The number of nitrogens with one attached hydrogen (secondary N) is 1. The zero-order valence-electron chi connectivity index (χ0n) is 19.4. The van der Waals surface area contributed by atoms with Crippen LogP contribution in [0.2, 0.25) is 0 Å².